The van der Waals surface area contributed by atoms with Crippen LogP contribution in [0.15, 0.2) is 0 Å². The topological polar surface area (TPSA) is 75.3 Å². The van der Waals surface area contributed by atoms with Crippen molar-refractivity contribution < 1.29 is 10.0 Å². The molecule has 0 heterocycles. The number of hydrogen-bond acceptors (Lipinski definition) is 3. The summed E-state index contributed by atoms with van der Waals surface area (Å²) >= 11 is 0. The Morgan fingerprint density at radius 1 is 1.27 bits per heavy atom. The summed E-state index contributed by atoms with van der Waals surface area (Å²) in [5.41, 5.74) is 6.23. The summed E-state index contributed by atoms with van der Waals surface area (Å²) in [6.45, 7) is 6.07. The van der Waals surface area contributed by atoms with Crippen LogP contribution in [0.1, 0.15) is 46.5 Å². The lowest BCUT2D eigenvalue weighted by Crippen LogP contribution is -2.33. The largest absolute Gasteiger partial charge is 0.333 e. The van der Waals surface area contributed by atoms with Crippen LogP contribution in [0, 0.1) is 11.8 Å². The zero-order chi connectivity index (χ0) is 12.3. The second-order valence-electron chi connectivity index (χ2n) is 3.34. The van der Waals surface area contributed by atoms with Gasteiger partial charge in [0.25, 0.3) is 0 Å². The standard InChI is InChI=1S/C8H15NO2.C2H6.CH5N/c1-6-4-2-3-5-7(6)8(10)9-11;2*1-2/h6-7,11H,2-5H2,1H3,(H,9,10);1-2H3;2H2,1H3/t6?,7-;;/m0../s1. The molecule has 0 aliphatic heterocycles. The highest BCUT2D eigenvalue weighted by Gasteiger charge is 2.27. The van der Waals surface area contributed by atoms with Gasteiger partial charge in [-0.1, -0.05) is 33.6 Å². The molecule has 0 aromatic carbocycles. The third-order valence-corrected chi connectivity index (χ3v) is 2.56. The number of rotatable bonds is 1. The van der Waals surface area contributed by atoms with Crippen molar-refractivity contribution in [3.8, 4) is 0 Å². The van der Waals surface area contributed by atoms with Gasteiger partial charge < -0.3 is 5.73 Å². The Labute approximate surface area is 93.2 Å². The molecule has 15 heavy (non-hydrogen) atoms. The van der Waals surface area contributed by atoms with Crippen molar-refractivity contribution in [3.63, 3.8) is 0 Å². The minimum absolute atomic E-state index is 0.0359. The van der Waals surface area contributed by atoms with E-state index in [0.29, 0.717) is 5.92 Å². The number of carbonyl (C=O) groups excluding carboxylic acids is 1. The van der Waals surface area contributed by atoms with Gasteiger partial charge in [-0.2, -0.15) is 0 Å². The van der Waals surface area contributed by atoms with Crippen LogP contribution in [-0.2, 0) is 4.79 Å². The Bertz CT molecular complexity index is 152. The first-order chi connectivity index (χ1) is 7.25. The predicted molar refractivity (Wildman–Crippen MR) is 62.5 cm³/mol. The molecule has 2 atom stereocenters. The minimum atomic E-state index is -0.211. The highest BCUT2D eigenvalue weighted by atomic mass is 16.5. The summed E-state index contributed by atoms with van der Waals surface area (Å²) in [5, 5.41) is 8.41. The van der Waals surface area contributed by atoms with E-state index in [1.807, 2.05) is 13.8 Å². The molecule has 1 rings (SSSR count). The van der Waals surface area contributed by atoms with E-state index in [1.54, 1.807) is 5.48 Å². The highest BCUT2D eigenvalue weighted by molar-refractivity contribution is 5.77. The molecule has 0 spiro atoms. The molecule has 0 aromatic heterocycles. The molecule has 0 saturated heterocycles. The smallest absolute Gasteiger partial charge is 0.246 e. The molecule has 0 bridgehead atoms. The molecule has 4 N–H and O–H groups in total. The van der Waals surface area contributed by atoms with Crippen LogP contribution in [0.25, 0.3) is 0 Å². The fraction of sp³-hybridized carbons (Fsp3) is 0.909. The van der Waals surface area contributed by atoms with Crippen LogP contribution in [0.2, 0.25) is 0 Å². The molecule has 4 heteroatoms. The van der Waals surface area contributed by atoms with Gasteiger partial charge in [-0.25, -0.2) is 5.48 Å². The van der Waals surface area contributed by atoms with E-state index in [-0.39, 0.29) is 11.8 Å². The maximum atomic E-state index is 11.0. The van der Waals surface area contributed by atoms with E-state index < -0.39 is 0 Å². The summed E-state index contributed by atoms with van der Waals surface area (Å²) in [6, 6.07) is 0. The predicted octanol–water partition coefficient (Wildman–Crippen LogP) is 1.92. The third-order valence-electron chi connectivity index (χ3n) is 2.56. The monoisotopic (exact) mass is 218 g/mol. The maximum Gasteiger partial charge on any atom is 0.246 e. The lowest BCUT2D eigenvalue weighted by molar-refractivity contribution is -0.136. The normalized spacial score (nSPS) is 23.9. The van der Waals surface area contributed by atoms with Crippen molar-refractivity contribution in [2.45, 2.75) is 46.5 Å². The van der Waals surface area contributed by atoms with Crippen molar-refractivity contribution in [2.24, 2.45) is 17.6 Å². The van der Waals surface area contributed by atoms with Crippen LogP contribution in [0.3, 0.4) is 0 Å². The molecule has 92 valence electrons. The van der Waals surface area contributed by atoms with Gasteiger partial charge in [-0.15, -0.1) is 0 Å². The van der Waals surface area contributed by atoms with Crippen molar-refractivity contribution in [1.82, 2.24) is 5.48 Å². The van der Waals surface area contributed by atoms with Gasteiger partial charge in [0, 0.05) is 5.92 Å². The van der Waals surface area contributed by atoms with Crippen LogP contribution in [0.4, 0.5) is 0 Å². The SMILES string of the molecule is CC.CC1CCCC[C@@H]1C(=O)NO.CN. The molecule has 1 amide bonds. The second-order valence-corrected chi connectivity index (χ2v) is 3.34. The Hall–Kier alpha value is -0.610. The molecular formula is C11H26N2O2. The quantitative estimate of drug-likeness (QED) is 0.465. The van der Waals surface area contributed by atoms with Crippen LogP contribution in [0.5, 0.6) is 0 Å². The van der Waals surface area contributed by atoms with Crippen molar-refractivity contribution >= 4 is 5.91 Å². The van der Waals surface area contributed by atoms with E-state index in [0.717, 1.165) is 19.3 Å². The number of carbonyl (C=O) groups is 1. The maximum absolute atomic E-state index is 11.0. The first kappa shape index (κ1) is 16.8. The molecule has 0 radical (unpaired) electrons. The lowest BCUT2D eigenvalue weighted by atomic mass is 9.80. The van der Waals surface area contributed by atoms with Gasteiger partial charge in [0.2, 0.25) is 5.91 Å². The molecule has 1 aliphatic carbocycles. The first-order valence-corrected chi connectivity index (χ1v) is 5.77. The molecule has 1 saturated carbocycles. The van der Waals surface area contributed by atoms with Gasteiger partial charge in [0.1, 0.15) is 0 Å². The van der Waals surface area contributed by atoms with Crippen molar-refractivity contribution in [2.75, 3.05) is 7.05 Å². The van der Waals surface area contributed by atoms with E-state index in [4.69, 9.17) is 5.21 Å². The summed E-state index contributed by atoms with van der Waals surface area (Å²) in [4.78, 5) is 11.0. The van der Waals surface area contributed by atoms with Crippen molar-refractivity contribution in [1.29, 1.82) is 0 Å². The van der Waals surface area contributed by atoms with E-state index in [2.05, 4.69) is 12.7 Å². The molecule has 1 unspecified atom stereocenters. The number of amides is 1. The molecule has 0 aromatic rings. The summed E-state index contributed by atoms with van der Waals surface area (Å²) in [7, 11) is 1.50. The molecule has 1 aliphatic rings. The summed E-state index contributed by atoms with van der Waals surface area (Å²) < 4.78 is 0. The third kappa shape index (κ3) is 6.47. The molecular weight excluding hydrogens is 192 g/mol. The van der Waals surface area contributed by atoms with E-state index in [1.165, 1.54) is 13.5 Å². The number of hydrogen-bond donors (Lipinski definition) is 3. The van der Waals surface area contributed by atoms with E-state index >= 15 is 0 Å². The van der Waals surface area contributed by atoms with Gasteiger partial charge in [0.15, 0.2) is 0 Å². The van der Waals surface area contributed by atoms with Crippen LogP contribution >= 0.6 is 0 Å². The van der Waals surface area contributed by atoms with Crippen LogP contribution < -0.4 is 11.2 Å². The van der Waals surface area contributed by atoms with E-state index in [9.17, 15) is 4.79 Å². The van der Waals surface area contributed by atoms with Gasteiger partial charge in [-0.3, -0.25) is 10.0 Å². The first-order valence-electron chi connectivity index (χ1n) is 5.77. The Morgan fingerprint density at radius 3 is 2.13 bits per heavy atom. The van der Waals surface area contributed by atoms with Gasteiger partial charge in [0.05, 0.1) is 0 Å². The number of nitrogens with two attached hydrogens (primary N) is 1. The zero-order valence-corrected chi connectivity index (χ0v) is 10.4. The average molecular weight is 218 g/mol. The molecule has 4 nitrogen and oxygen atoms in total. The fourth-order valence-corrected chi connectivity index (χ4v) is 1.79. The zero-order valence-electron chi connectivity index (χ0n) is 10.4. The molecule has 1 fully saturated rings. The van der Waals surface area contributed by atoms with Crippen molar-refractivity contribution in [3.05, 3.63) is 0 Å². The van der Waals surface area contributed by atoms with Gasteiger partial charge >= 0.3 is 0 Å². The average Bonchev–Trinajstić information content (AvgIpc) is 2.34. The lowest BCUT2D eigenvalue weighted by Gasteiger charge is -2.26. The Balaban J connectivity index is 0. The Kier molecular flexibility index (Phi) is 12.8. The van der Waals surface area contributed by atoms with Crippen LogP contribution in [-0.4, -0.2) is 18.2 Å². The number of hydroxylamine groups is 1. The number of nitrogens with one attached hydrogen (secondary N) is 1. The minimum Gasteiger partial charge on any atom is -0.333 e. The highest BCUT2D eigenvalue weighted by Crippen LogP contribution is 2.29. The summed E-state index contributed by atoms with van der Waals surface area (Å²) in [5.74, 6) is 0.252. The van der Waals surface area contributed by atoms with Gasteiger partial charge in [-0.05, 0) is 25.8 Å². The Morgan fingerprint density at radius 2 is 1.73 bits per heavy atom. The fourth-order valence-electron chi connectivity index (χ4n) is 1.79. The summed E-state index contributed by atoms with van der Waals surface area (Å²) in [6.07, 6.45) is 4.37. The second kappa shape index (κ2) is 11.5.